The first-order valence-electron chi connectivity index (χ1n) is 4.41. The van der Waals surface area contributed by atoms with E-state index < -0.39 is 12.7 Å². The number of hydrogen-bond acceptors (Lipinski definition) is 2. The smallest absolute Gasteiger partial charge is 0.380 e. The van der Waals surface area contributed by atoms with Gasteiger partial charge in [0.05, 0.1) is 13.2 Å². The molecule has 0 aromatic heterocycles. The number of nitrogens with one attached hydrogen (secondary N) is 1. The molecule has 13 heavy (non-hydrogen) atoms. The Morgan fingerprint density at radius 1 is 1.23 bits per heavy atom. The quantitative estimate of drug-likeness (QED) is 0.633. The van der Waals surface area contributed by atoms with Crippen LogP contribution in [0.25, 0.3) is 0 Å². The summed E-state index contributed by atoms with van der Waals surface area (Å²) in [7, 11) is 0. The lowest BCUT2D eigenvalue weighted by Gasteiger charge is -2.08. The summed E-state index contributed by atoms with van der Waals surface area (Å²) in [6.07, 6.45) is -2.13. The van der Waals surface area contributed by atoms with Crippen LogP contribution in [0.5, 0.6) is 0 Å². The van der Waals surface area contributed by atoms with Crippen molar-refractivity contribution in [2.45, 2.75) is 25.9 Å². The second kappa shape index (κ2) is 7.15. The van der Waals surface area contributed by atoms with Gasteiger partial charge in [-0.1, -0.05) is 13.3 Å². The van der Waals surface area contributed by atoms with Crippen LogP contribution in [0.3, 0.4) is 0 Å². The fourth-order valence-electron chi connectivity index (χ4n) is 0.723. The van der Waals surface area contributed by atoms with Crippen LogP contribution in [0.2, 0.25) is 0 Å². The molecule has 0 amide bonds. The van der Waals surface area contributed by atoms with E-state index in [4.69, 9.17) is 4.74 Å². The minimum Gasteiger partial charge on any atom is -0.380 e. The summed E-state index contributed by atoms with van der Waals surface area (Å²) in [5, 5.41) is 2.25. The number of unbranched alkanes of at least 4 members (excludes halogenated alkanes) is 1. The predicted octanol–water partition coefficient (Wildman–Crippen LogP) is 1.96. The Bertz CT molecular complexity index is 116. The van der Waals surface area contributed by atoms with Crippen molar-refractivity contribution >= 4 is 0 Å². The van der Waals surface area contributed by atoms with Gasteiger partial charge in [-0.2, -0.15) is 13.2 Å². The molecule has 5 heteroatoms. The Labute approximate surface area is 76.5 Å². The van der Waals surface area contributed by atoms with Gasteiger partial charge in [0.15, 0.2) is 0 Å². The normalized spacial score (nSPS) is 12.0. The Morgan fingerprint density at radius 3 is 2.46 bits per heavy atom. The molecule has 0 aliphatic rings. The summed E-state index contributed by atoms with van der Waals surface area (Å²) in [4.78, 5) is 0. The number of alkyl halides is 3. The predicted molar refractivity (Wildman–Crippen MR) is 44.7 cm³/mol. The van der Waals surface area contributed by atoms with Gasteiger partial charge in [-0.05, 0) is 6.42 Å². The topological polar surface area (TPSA) is 21.3 Å². The number of ether oxygens (including phenoxy) is 1. The van der Waals surface area contributed by atoms with Crippen LogP contribution in [-0.2, 0) is 4.74 Å². The first kappa shape index (κ1) is 12.7. The molecule has 2 nitrogen and oxygen atoms in total. The molecule has 1 N–H and O–H groups in total. The standard InChI is InChI=1S/C8H16F3NO/c1-2-3-5-13-6-4-12-7-8(9,10)11/h12H,2-7H2,1H3. The number of halogens is 3. The lowest BCUT2D eigenvalue weighted by molar-refractivity contribution is -0.125. The maximum absolute atomic E-state index is 11.6. The second-order valence-electron chi connectivity index (χ2n) is 2.76. The molecule has 0 bridgehead atoms. The third kappa shape index (κ3) is 11.7. The van der Waals surface area contributed by atoms with E-state index in [9.17, 15) is 13.2 Å². The van der Waals surface area contributed by atoms with E-state index in [1.165, 1.54) is 0 Å². The van der Waals surface area contributed by atoms with Crippen molar-refractivity contribution in [3.63, 3.8) is 0 Å². The fourth-order valence-corrected chi connectivity index (χ4v) is 0.723. The molecule has 0 rings (SSSR count). The van der Waals surface area contributed by atoms with Crippen LogP contribution < -0.4 is 5.32 Å². The van der Waals surface area contributed by atoms with E-state index in [-0.39, 0.29) is 6.54 Å². The van der Waals surface area contributed by atoms with Gasteiger partial charge in [-0.3, -0.25) is 0 Å². The lowest BCUT2D eigenvalue weighted by Crippen LogP contribution is -2.31. The average molecular weight is 199 g/mol. The molecule has 0 saturated carbocycles. The van der Waals surface area contributed by atoms with Crippen molar-refractivity contribution in [1.82, 2.24) is 5.32 Å². The summed E-state index contributed by atoms with van der Waals surface area (Å²) in [5.41, 5.74) is 0. The van der Waals surface area contributed by atoms with E-state index in [0.29, 0.717) is 13.2 Å². The Kier molecular flexibility index (Phi) is 6.99. The van der Waals surface area contributed by atoms with E-state index >= 15 is 0 Å². The zero-order valence-electron chi connectivity index (χ0n) is 7.78. The molecule has 0 radical (unpaired) electrons. The SMILES string of the molecule is CCCCOCCNCC(F)(F)F. The monoisotopic (exact) mass is 199 g/mol. The third-order valence-electron chi connectivity index (χ3n) is 1.39. The fraction of sp³-hybridized carbons (Fsp3) is 1.00. The van der Waals surface area contributed by atoms with Crippen molar-refractivity contribution in [2.75, 3.05) is 26.3 Å². The molecule has 0 saturated heterocycles. The highest BCUT2D eigenvalue weighted by molar-refractivity contribution is 4.54. The maximum atomic E-state index is 11.6. The van der Waals surface area contributed by atoms with Crippen molar-refractivity contribution in [2.24, 2.45) is 0 Å². The minimum atomic E-state index is -4.12. The summed E-state index contributed by atoms with van der Waals surface area (Å²) in [6, 6.07) is 0. The largest absolute Gasteiger partial charge is 0.401 e. The van der Waals surface area contributed by atoms with Crippen LogP contribution >= 0.6 is 0 Å². The van der Waals surface area contributed by atoms with Crippen LogP contribution in [-0.4, -0.2) is 32.5 Å². The highest BCUT2D eigenvalue weighted by Gasteiger charge is 2.25. The van der Waals surface area contributed by atoms with Crippen molar-refractivity contribution < 1.29 is 17.9 Å². The molecule has 0 atom stereocenters. The molecule has 0 heterocycles. The first-order chi connectivity index (χ1) is 6.06. The van der Waals surface area contributed by atoms with Crippen molar-refractivity contribution in [3.05, 3.63) is 0 Å². The molecule has 0 aliphatic carbocycles. The van der Waals surface area contributed by atoms with Crippen LogP contribution in [0.4, 0.5) is 13.2 Å². The molecule has 0 aromatic carbocycles. The first-order valence-corrected chi connectivity index (χ1v) is 4.41. The van der Waals surface area contributed by atoms with Crippen LogP contribution in [0.1, 0.15) is 19.8 Å². The molecule has 80 valence electrons. The summed E-state index contributed by atoms with van der Waals surface area (Å²) in [5.74, 6) is 0. The van der Waals surface area contributed by atoms with Gasteiger partial charge in [0.25, 0.3) is 0 Å². The molecular formula is C8H16F3NO. The van der Waals surface area contributed by atoms with E-state index in [1.54, 1.807) is 0 Å². The van der Waals surface area contributed by atoms with Gasteiger partial charge in [0, 0.05) is 13.2 Å². The highest BCUT2D eigenvalue weighted by Crippen LogP contribution is 2.11. The molecule has 0 aromatic rings. The maximum Gasteiger partial charge on any atom is 0.401 e. The minimum absolute atomic E-state index is 0.253. The van der Waals surface area contributed by atoms with Crippen molar-refractivity contribution in [3.8, 4) is 0 Å². The van der Waals surface area contributed by atoms with E-state index in [0.717, 1.165) is 12.8 Å². The Morgan fingerprint density at radius 2 is 1.92 bits per heavy atom. The van der Waals surface area contributed by atoms with Gasteiger partial charge in [-0.15, -0.1) is 0 Å². The molecule has 0 aliphatic heterocycles. The van der Waals surface area contributed by atoms with Gasteiger partial charge >= 0.3 is 6.18 Å². The Hall–Kier alpha value is -0.290. The number of hydrogen-bond donors (Lipinski definition) is 1. The molecule has 0 unspecified atom stereocenters. The Balaban J connectivity index is 3.00. The average Bonchev–Trinajstić information content (AvgIpc) is 2.01. The zero-order chi connectivity index (χ0) is 10.2. The van der Waals surface area contributed by atoms with Gasteiger partial charge in [0.1, 0.15) is 0 Å². The van der Waals surface area contributed by atoms with E-state index in [1.807, 2.05) is 6.92 Å². The molecular weight excluding hydrogens is 183 g/mol. The third-order valence-corrected chi connectivity index (χ3v) is 1.39. The lowest BCUT2D eigenvalue weighted by atomic mass is 10.4. The summed E-state index contributed by atoms with van der Waals surface area (Å²) in [6.45, 7) is 2.32. The summed E-state index contributed by atoms with van der Waals surface area (Å²) < 4.78 is 39.8. The van der Waals surface area contributed by atoms with Gasteiger partial charge in [0.2, 0.25) is 0 Å². The molecule has 0 spiro atoms. The van der Waals surface area contributed by atoms with Crippen LogP contribution in [0.15, 0.2) is 0 Å². The van der Waals surface area contributed by atoms with Gasteiger partial charge in [-0.25, -0.2) is 0 Å². The van der Waals surface area contributed by atoms with Crippen molar-refractivity contribution in [1.29, 1.82) is 0 Å². The summed E-state index contributed by atoms with van der Waals surface area (Å²) >= 11 is 0. The molecule has 0 fully saturated rings. The van der Waals surface area contributed by atoms with Gasteiger partial charge < -0.3 is 10.1 Å². The van der Waals surface area contributed by atoms with E-state index in [2.05, 4.69) is 5.32 Å². The number of rotatable bonds is 7. The second-order valence-corrected chi connectivity index (χ2v) is 2.76. The highest BCUT2D eigenvalue weighted by atomic mass is 19.4. The van der Waals surface area contributed by atoms with Crippen LogP contribution in [0, 0.1) is 0 Å². The zero-order valence-corrected chi connectivity index (χ0v) is 7.78.